The van der Waals surface area contributed by atoms with E-state index < -0.39 is 28.7 Å². The number of benzene rings is 2. The SMILES string of the molecule is CCCCCC(=O)O[C@@H](COc1ccc(CC2SC(=O)N(CCc3ccc([C@@H](COc4ccc(CC5SC(=O)NC5=O)cc4)OC(C)=O)nc3)C2=O)cc1)c1ccc(CC)cn1. The molecule has 326 valence electrons. The molecule has 2 unspecified atom stereocenters. The van der Waals surface area contributed by atoms with Gasteiger partial charge in [0, 0.05) is 32.3 Å². The first-order chi connectivity index (χ1) is 30.0. The van der Waals surface area contributed by atoms with Gasteiger partial charge in [-0.15, -0.1) is 0 Å². The van der Waals surface area contributed by atoms with Crippen molar-refractivity contribution in [3.05, 3.63) is 119 Å². The predicted octanol–water partition coefficient (Wildman–Crippen LogP) is 7.71. The van der Waals surface area contributed by atoms with Crippen LogP contribution >= 0.6 is 23.5 Å². The molecule has 4 heterocycles. The van der Waals surface area contributed by atoms with Gasteiger partial charge >= 0.3 is 11.9 Å². The Labute approximate surface area is 369 Å². The van der Waals surface area contributed by atoms with Crippen LogP contribution in [0.2, 0.25) is 0 Å². The van der Waals surface area contributed by atoms with Crippen LogP contribution in [0.15, 0.2) is 85.2 Å². The van der Waals surface area contributed by atoms with E-state index in [1.807, 2.05) is 49.4 Å². The van der Waals surface area contributed by atoms with Gasteiger partial charge in [0.15, 0.2) is 12.2 Å². The highest BCUT2D eigenvalue weighted by Crippen LogP contribution is 2.31. The summed E-state index contributed by atoms with van der Waals surface area (Å²) < 4.78 is 23.3. The average Bonchev–Trinajstić information content (AvgIpc) is 3.73. The van der Waals surface area contributed by atoms with E-state index in [2.05, 4.69) is 22.2 Å². The van der Waals surface area contributed by atoms with Crippen LogP contribution in [0.1, 0.15) is 92.3 Å². The molecule has 4 amide bonds. The quantitative estimate of drug-likeness (QED) is 0.0599. The zero-order valence-corrected chi connectivity index (χ0v) is 36.5. The second-order valence-corrected chi connectivity index (χ2v) is 17.2. The first-order valence-corrected chi connectivity index (χ1v) is 22.5. The van der Waals surface area contributed by atoms with Gasteiger partial charge in [0.25, 0.3) is 10.5 Å². The summed E-state index contributed by atoms with van der Waals surface area (Å²) in [5.41, 5.74) is 4.68. The number of aryl methyl sites for hydroxylation is 1. The summed E-state index contributed by atoms with van der Waals surface area (Å²) in [5, 5.41) is 0.593. The van der Waals surface area contributed by atoms with Crippen LogP contribution < -0.4 is 14.8 Å². The first kappa shape index (κ1) is 45.8. The third-order valence-corrected chi connectivity index (χ3v) is 12.3. The van der Waals surface area contributed by atoms with E-state index in [0.29, 0.717) is 48.6 Å². The number of nitrogens with one attached hydrogen (secondary N) is 1. The zero-order chi connectivity index (χ0) is 44.0. The van der Waals surface area contributed by atoms with Crippen molar-refractivity contribution in [2.45, 2.75) is 94.8 Å². The van der Waals surface area contributed by atoms with Gasteiger partial charge in [0.2, 0.25) is 11.8 Å². The molecule has 2 aromatic carbocycles. The van der Waals surface area contributed by atoms with Crippen molar-refractivity contribution in [2.75, 3.05) is 19.8 Å². The molecular formula is C46H50N4O10S2. The molecular weight excluding hydrogens is 833 g/mol. The van der Waals surface area contributed by atoms with E-state index >= 15 is 0 Å². The number of ether oxygens (including phenoxy) is 4. The van der Waals surface area contributed by atoms with Crippen LogP contribution in [0.4, 0.5) is 9.59 Å². The number of amides is 4. The minimum atomic E-state index is -0.798. The molecule has 4 aromatic rings. The summed E-state index contributed by atoms with van der Waals surface area (Å²) in [7, 11) is 0. The number of carbonyl (C=O) groups is 6. The number of imide groups is 2. The maximum Gasteiger partial charge on any atom is 0.306 e. The summed E-state index contributed by atoms with van der Waals surface area (Å²) in [6, 6.07) is 21.8. The third kappa shape index (κ3) is 13.1. The molecule has 4 atom stereocenters. The number of hydrogen-bond acceptors (Lipinski definition) is 14. The van der Waals surface area contributed by atoms with Crippen molar-refractivity contribution in [2.24, 2.45) is 0 Å². The fraction of sp³-hybridized carbons (Fsp3) is 0.391. The fourth-order valence-electron chi connectivity index (χ4n) is 6.72. The number of pyridine rings is 2. The maximum absolute atomic E-state index is 13.4. The Balaban J connectivity index is 0.973. The van der Waals surface area contributed by atoms with E-state index in [9.17, 15) is 28.8 Å². The Morgan fingerprint density at radius 3 is 1.79 bits per heavy atom. The van der Waals surface area contributed by atoms with Crippen molar-refractivity contribution < 1.29 is 47.7 Å². The number of nitrogens with zero attached hydrogens (tertiary/aromatic N) is 3. The van der Waals surface area contributed by atoms with E-state index in [0.717, 1.165) is 71.5 Å². The fourth-order valence-corrected chi connectivity index (χ4v) is 8.64. The highest BCUT2D eigenvalue weighted by molar-refractivity contribution is 8.15. The van der Waals surface area contributed by atoms with Crippen LogP contribution in [0, 0.1) is 0 Å². The second-order valence-electron chi connectivity index (χ2n) is 14.9. The summed E-state index contributed by atoms with van der Waals surface area (Å²) in [6.07, 6.45) is 6.98. The average molecular weight is 883 g/mol. The minimum absolute atomic E-state index is 0.00551. The van der Waals surface area contributed by atoms with Crippen LogP contribution in [-0.2, 0) is 54.3 Å². The highest BCUT2D eigenvalue weighted by Gasteiger charge is 2.39. The van der Waals surface area contributed by atoms with Crippen molar-refractivity contribution in [1.29, 1.82) is 0 Å². The molecule has 62 heavy (non-hydrogen) atoms. The van der Waals surface area contributed by atoms with E-state index in [-0.39, 0.29) is 48.0 Å². The lowest BCUT2D eigenvalue weighted by molar-refractivity contribution is -0.151. The number of unbranched alkanes of at least 4 members (excludes halogenated alkanes) is 2. The van der Waals surface area contributed by atoms with Gasteiger partial charge in [0.1, 0.15) is 24.7 Å². The molecule has 16 heteroatoms. The number of aromatic nitrogens is 2. The van der Waals surface area contributed by atoms with Gasteiger partial charge in [-0.05, 0) is 90.8 Å². The standard InChI is InChI=1S/C46H50N4O10S2/c1-4-6-7-8-42(52)60-39(37-19-13-30(5-2)25-47-37)28-58-35-17-11-32(12-18-35)24-41-44(54)50(46(56)62-41)22-21-33-14-20-36(48-26-33)38(59-29(3)51)27-57-34-15-9-31(10-16-34)23-40-43(53)49-45(55)61-40/h9-20,25-26,38-41H,4-8,21-24,27-28H2,1-3H3,(H,49,53,55)/t38-,39+,40?,41?/m1/s1. The largest absolute Gasteiger partial charge is 0.489 e. The molecule has 14 nitrogen and oxygen atoms in total. The summed E-state index contributed by atoms with van der Waals surface area (Å²) >= 11 is 1.98. The van der Waals surface area contributed by atoms with Crippen molar-refractivity contribution in [3.63, 3.8) is 0 Å². The van der Waals surface area contributed by atoms with E-state index in [4.69, 9.17) is 18.9 Å². The second kappa shape index (κ2) is 22.4. The molecule has 2 aliphatic rings. The topological polar surface area (TPSA) is 180 Å². The van der Waals surface area contributed by atoms with Crippen LogP contribution in [0.3, 0.4) is 0 Å². The Kier molecular flexibility index (Phi) is 16.5. The number of thioether (sulfide) groups is 2. The summed E-state index contributed by atoms with van der Waals surface area (Å²) in [6.45, 7) is 5.70. The maximum atomic E-state index is 13.4. The van der Waals surface area contributed by atoms with Crippen LogP contribution in [0.5, 0.6) is 11.5 Å². The van der Waals surface area contributed by atoms with Crippen LogP contribution in [0.25, 0.3) is 0 Å². The number of hydrogen-bond donors (Lipinski definition) is 1. The van der Waals surface area contributed by atoms with Gasteiger partial charge in [-0.25, -0.2) is 0 Å². The predicted molar refractivity (Wildman–Crippen MR) is 234 cm³/mol. The molecule has 0 spiro atoms. The molecule has 0 bridgehead atoms. The van der Waals surface area contributed by atoms with Gasteiger partial charge < -0.3 is 18.9 Å². The number of carbonyl (C=O) groups excluding carboxylic acids is 6. The Morgan fingerprint density at radius 2 is 1.27 bits per heavy atom. The minimum Gasteiger partial charge on any atom is -0.489 e. The Bertz CT molecular complexity index is 2190. The normalized spacial score (nSPS) is 17.1. The number of rotatable bonds is 22. The van der Waals surface area contributed by atoms with Crippen molar-refractivity contribution in [3.8, 4) is 11.5 Å². The molecule has 2 fully saturated rings. The molecule has 0 radical (unpaired) electrons. The molecule has 2 aromatic heterocycles. The zero-order valence-electron chi connectivity index (χ0n) is 34.9. The van der Waals surface area contributed by atoms with Crippen molar-refractivity contribution >= 4 is 57.8 Å². The molecule has 0 aliphatic carbocycles. The Hall–Kier alpha value is -5.74. The van der Waals surface area contributed by atoms with Crippen molar-refractivity contribution in [1.82, 2.24) is 20.2 Å². The monoisotopic (exact) mass is 882 g/mol. The lowest BCUT2D eigenvalue weighted by atomic mass is 10.1. The lowest BCUT2D eigenvalue weighted by Gasteiger charge is -2.19. The van der Waals surface area contributed by atoms with E-state index in [1.165, 1.54) is 11.8 Å². The summed E-state index contributed by atoms with van der Waals surface area (Å²) in [4.78, 5) is 84.6. The third-order valence-electron chi connectivity index (χ3n) is 10.2. The highest BCUT2D eigenvalue weighted by atomic mass is 32.2. The van der Waals surface area contributed by atoms with Gasteiger partial charge in [-0.3, -0.25) is 49.0 Å². The molecule has 2 saturated heterocycles. The molecule has 0 saturated carbocycles. The van der Waals surface area contributed by atoms with Gasteiger partial charge in [-0.2, -0.15) is 0 Å². The molecule has 1 N–H and O–H groups in total. The first-order valence-electron chi connectivity index (χ1n) is 20.7. The van der Waals surface area contributed by atoms with Crippen LogP contribution in [-0.4, -0.2) is 79.4 Å². The summed E-state index contributed by atoms with van der Waals surface area (Å²) in [5.74, 6) is -0.259. The lowest BCUT2D eigenvalue weighted by Crippen LogP contribution is -2.33. The van der Waals surface area contributed by atoms with Gasteiger partial charge in [0.05, 0.1) is 21.9 Å². The molecule has 2 aliphatic heterocycles. The molecule has 6 rings (SSSR count). The smallest absolute Gasteiger partial charge is 0.306 e. The van der Waals surface area contributed by atoms with Gasteiger partial charge in [-0.1, -0.05) is 86.6 Å². The Morgan fingerprint density at radius 1 is 0.710 bits per heavy atom. The number of esters is 2. The van der Waals surface area contributed by atoms with E-state index in [1.54, 1.807) is 42.7 Å².